The Labute approximate surface area is 109 Å². The van der Waals surface area contributed by atoms with E-state index in [4.69, 9.17) is 11.6 Å². The number of likely N-dealkylation sites (N-methyl/N-ethyl adjacent to an activating group) is 1. The van der Waals surface area contributed by atoms with Crippen LogP contribution >= 0.6 is 11.6 Å². The highest BCUT2D eigenvalue weighted by Gasteiger charge is 2.33. The normalized spacial score (nSPS) is 13.2. The number of alkyl halides is 1. The van der Waals surface area contributed by atoms with Crippen LogP contribution in [0.2, 0.25) is 0 Å². The molecule has 17 heavy (non-hydrogen) atoms. The van der Waals surface area contributed by atoms with Crippen molar-refractivity contribution in [1.29, 1.82) is 0 Å². The zero-order valence-corrected chi connectivity index (χ0v) is 11.7. The first-order chi connectivity index (χ1) is 7.91. The second-order valence-electron chi connectivity index (χ2n) is 4.91. The van der Waals surface area contributed by atoms with Crippen molar-refractivity contribution in [3.05, 3.63) is 35.9 Å². The van der Waals surface area contributed by atoms with Gasteiger partial charge in [-0.3, -0.25) is 4.79 Å². The van der Waals surface area contributed by atoms with Crippen LogP contribution in [0.3, 0.4) is 0 Å². The summed E-state index contributed by atoms with van der Waals surface area (Å²) in [5.41, 5.74) is 0.509. The zero-order chi connectivity index (χ0) is 13.1. The Balaban J connectivity index is 2.95. The topological polar surface area (TPSA) is 20.3 Å². The molecule has 1 aromatic rings. The molecule has 1 rings (SSSR count). The predicted molar refractivity (Wildman–Crippen MR) is 72.4 cm³/mol. The number of nitrogens with zero attached hydrogens (tertiary/aromatic N) is 1. The molecule has 0 heterocycles. The molecule has 0 spiro atoms. The number of carbonyl (C=O) groups excluding carboxylic acids is 1. The summed E-state index contributed by atoms with van der Waals surface area (Å²) in [5.74, 6) is 0.546. The van der Waals surface area contributed by atoms with E-state index in [0.29, 0.717) is 5.88 Å². The van der Waals surface area contributed by atoms with Crippen LogP contribution in [0.4, 0.5) is 0 Å². The van der Waals surface area contributed by atoms with Crippen LogP contribution in [-0.2, 0) is 10.2 Å². The van der Waals surface area contributed by atoms with Gasteiger partial charge in [-0.1, -0.05) is 30.3 Å². The lowest BCUT2D eigenvalue weighted by molar-refractivity contribution is -0.136. The molecular formula is C14H20ClNO. The summed E-state index contributed by atoms with van der Waals surface area (Å²) >= 11 is 5.79. The van der Waals surface area contributed by atoms with E-state index in [-0.39, 0.29) is 11.9 Å². The van der Waals surface area contributed by atoms with Crippen LogP contribution in [-0.4, -0.2) is 29.8 Å². The summed E-state index contributed by atoms with van der Waals surface area (Å²) in [6.07, 6.45) is 0. The van der Waals surface area contributed by atoms with Crippen LogP contribution in [0.25, 0.3) is 0 Å². The third-order valence-corrected chi connectivity index (χ3v) is 3.68. The molecule has 0 N–H and O–H groups in total. The third-order valence-electron chi connectivity index (χ3n) is 3.23. The van der Waals surface area contributed by atoms with Crippen LogP contribution in [0.1, 0.15) is 26.3 Å². The van der Waals surface area contributed by atoms with Crippen molar-refractivity contribution in [2.24, 2.45) is 0 Å². The average Bonchev–Trinajstić information content (AvgIpc) is 2.37. The van der Waals surface area contributed by atoms with Crippen molar-refractivity contribution in [1.82, 2.24) is 4.90 Å². The van der Waals surface area contributed by atoms with E-state index in [2.05, 4.69) is 0 Å². The van der Waals surface area contributed by atoms with Gasteiger partial charge in [-0.05, 0) is 26.3 Å². The Hall–Kier alpha value is -1.02. The first-order valence-corrected chi connectivity index (χ1v) is 6.33. The highest BCUT2D eigenvalue weighted by atomic mass is 35.5. The maximum absolute atomic E-state index is 12.4. The smallest absolute Gasteiger partial charge is 0.232 e. The molecule has 0 aliphatic rings. The maximum atomic E-state index is 12.4. The molecule has 94 valence electrons. The number of hydrogen-bond donors (Lipinski definition) is 0. The van der Waals surface area contributed by atoms with Gasteiger partial charge in [0.25, 0.3) is 0 Å². The molecule has 0 saturated heterocycles. The lowest BCUT2D eigenvalue weighted by Gasteiger charge is -2.32. The van der Waals surface area contributed by atoms with Gasteiger partial charge in [-0.25, -0.2) is 0 Å². The van der Waals surface area contributed by atoms with Crippen molar-refractivity contribution in [2.45, 2.75) is 32.2 Å². The third kappa shape index (κ3) is 3.01. The van der Waals surface area contributed by atoms with Crippen LogP contribution in [0, 0.1) is 0 Å². The highest BCUT2D eigenvalue weighted by Crippen LogP contribution is 2.25. The van der Waals surface area contributed by atoms with Crippen LogP contribution < -0.4 is 0 Å². The molecule has 0 aliphatic heterocycles. The van der Waals surface area contributed by atoms with Crippen LogP contribution in [0.5, 0.6) is 0 Å². The van der Waals surface area contributed by atoms with Crippen LogP contribution in [0.15, 0.2) is 30.3 Å². The molecule has 0 aliphatic carbocycles. The predicted octanol–water partition coefficient (Wildman–Crippen LogP) is 3.05. The van der Waals surface area contributed by atoms with E-state index < -0.39 is 5.41 Å². The molecular weight excluding hydrogens is 234 g/mol. The van der Waals surface area contributed by atoms with Gasteiger partial charge in [0.1, 0.15) is 0 Å². The van der Waals surface area contributed by atoms with Crippen molar-refractivity contribution in [2.75, 3.05) is 12.9 Å². The number of halogens is 1. The lowest BCUT2D eigenvalue weighted by Crippen LogP contribution is -2.46. The monoisotopic (exact) mass is 253 g/mol. The molecule has 0 aromatic heterocycles. The molecule has 1 aromatic carbocycles. The Morgan fingerprint density at radius 3 is 2.35 bits per heavy atom. The summed E-state index contributed by atoms with van der Waals surface area (Å²) in [4.78, 5) is 14.2. The van der Waals surface area contributed by atoms with Gasteiger partial charge in [0.05, 0.1) is 5.41 Å². The molecule has 1 amide bonds. The van der Waals surface area contributed by atoms with E-state index in [1.807, 2.05) is 51.1 Å². The van der Waals surface area contributed by atoms with Gasteiger partial charge >= 0.3 is 0 Å². The molecule has 0 saturated carbocycles. The Bertz CT molecular complexity index is 375. The van der Waals surface area contributed by atoms with Gasteiger partial charge in [0.2, 0.25) is 5.91 Å². The quantitative estimate of drug-likeness (QED) is 0.756. The minimum atomic E-state index is -0.518. The fourth-order valence-electron chi connectivity index (χ4n) is 1.72. The number of benzene rings is 1. The molecule has 0 fully saturated rings. The molecule has 1 unspecified atom stereocenters. The lowest BCUT2D eigenvalue weighted by atomic mass is 9.83. The largest absolute Gasteiger partial charge is 0.341 e. The Morgan fingerprint density at radius 1 is 1.35 bits per heavy atom. The maximum Gasteiger partial charge on any atom is 0.232 e. The standard InChI is InChI=1S/C14H20ClNO/c1-11(10-15)16(4)13(17)14(2,3)12-8-6-5-7-9-12/h5-9,11H,10H2,1-4H3. The Morgan fingerprint density at radius 2 is 1.88 bits per heavy atom. The zero-order valence-electron chi connectivity index (χ0n) is 10.9. The second-order valence-corrected chi connectivity index (χ2v) is 5.22. The summed E-state index contributed by atoms with van der Waals surface area (Å²) in [6.45, 7) is 5.84. The fourth-order valence-corrected chi connectivity index (χ4v) is 1.93. The van der Waals surface area contributed by atoms with Gasteiger partial charge in [-0.15, -0.1) is 11.6 Å². The van der Waals surface area contributed by atoms with E-state index >= 15 is 0 Å². The summed E-state index contributed by atoms with van der Waals surface area (Å²) < 4.78 is 0. The van der Waals surface area contributed by atoms with Gasteiger partial charge < -0.3 is 4.90 Å². The van der Waals surface area contributed by atoms with E-state index in [0.717, 1.165) is 5.56 Å². The first kappa shape index (κ1) is 14.0. The number of rotatable bonds is 4. The second kappa shape index (κ2) is 5.54. The minimum absolute atomic E-state index is 0.0483. The van der Waals surface area contributed by atoms with E-state index in [1.54, 1.807) is 11.9 Å². The number of amides is 1. The van der Waals surface area contributed by atoms with E-state index in [1.165, 1.54) is 0 Å². The molecule has 0 bridgehead atoms. The van der Waals surface area contributed by atoms with Crippen molar-refractivity contribution in [3.63, 3.8) is 0 Å². The first-order valence-electron chi connectivity index (χ1n) is 5.80. The van der Waals surface area contributed by atoms with Crippen molar-refractivity contribution < 1.29 is 4.79 Å². The van der Waals surface area contributed by atoms with E-state index in [9.17, 15) is 4.79 Å². The molecule has 0 radical (unpaired) electrons. The summed E-state index contributed by atoms with van der Waals surface area (Å²) in [7, 11) is 1.81. The average molecular weight is 254 g/mol. The molecule has 1 atom stereocenters. The number of hydrogen-bond acceptors (Lipinski definition) is 1. The van der Waals surface area contributed by atoms with Crippen molar-refractivity contribution in [3.8, 4) is 0 Å². The molecule has 3 heteroatoms. The SMILES string of the molecule is CC(CCl)N(C)C(=O)C(C)(C)c1ccccc1. The minimum Gasteiger partial charge on any atom is -0.341 e. The summed E-state index contributed by atoms with van der Waals surface area (Å²) in [6, 6.07) is 9.88. The molecule has 2 nitrogen and oxygen atoms in total. The number of carbonyl (C=O) groups is 1. The van der Waals surface area contributed by atoms with Gasteiger partial charge in [0.15, 0.2) is 0 Å². The fraction of sp³-hybridized carbons (Fsp3) is 0.500. The van der Waals surface area contributed by atoms with Crippen molar-refractivity contribution >= 4 is 17.5 Å². The highest BCUT2D eigenvalue weighted by molar-refractivity contribution is 6.18. The van der Waals surface area contributed by atoms with Gasteiger partial charge in [-0.2, -0.15) is 0 Å². The van der Waals surface area contributed by atoms with Gasteiger partial charge in [0, 0.05) is 19.0 Å². The Kier molecular flexibility index (Phi) is 4.58. The summed E-state index contributed by atoms with van der Waals surface area (Å²) in [5, 5.41) is 0.